The molecule has 0 atom stereocenters. The van der Waals surface area contributed by atoms with Crippen molar-refractivity contribution < 1.29 is 8.42 Å². The molecule has 0 bridgehead atoms. The van der Waals surface area contributed by atoms with Crippen molar-refractivity contribution in [3.63, 3.8) is 0 Å². The molecule has 2 aromatic rings. The van der Waals surface area contributed by atoms with Gasteiger partial charge in [-0.1, -0.05) is 34.1 Å². The molecule has 0 unspecified atom stereocenters. The van der Waals surface area contributed by atoms with Gasteiger partial charge < -0.3 is 4.98 Å². The van der Waals surface area contributed by atoms with Crippen LogP contribution in [0.1, 0.15) is 51.2 Å². The Morgan fingerprint density at radius 3 is 2.59 bits per heavy atom. The van der Waals surface area contributed by atoms with Crippen molar-refractivity contribution in [2.75, 3.05) is 5.75 Å². The zero-order valence-corrected chi connectivity index (χ0v) is 15.0. The van der Waals surface area contributed by atoms with Gasteiger partial charge in [-0.25, -0.2) is 13.4 Å². The molecule has 0 radical (unpaired) electrons. The van der Waals surface area contributed by atoms with E-state index < -0.39 is 9.84 Å². The van der Waals surface area contributed by atoms with E-state index in [0.717, 1.165) is 11.3 Å². The molecule has 2 heterocycles. The highest BCUT2D eigenvalue weighted by atomic mass is 32.2. The largest absolute Gasteiger partial charge is 0.309 e. The highest BCUT2D eigenvalue weighted by Gasteiger charge is 2.20. The fourth-order valence-corrected chi connectivity index (χ4v) is 4.59. The van der Waals surface area contributed by atoms with Crippen LogP contribution in [0.5, 0.6) is 0 Å². The zero-order valence-electron chi connectivity index (χ0n) is 13.4. The molecule has 0 aliphatic heterocycles. The number of hydrogen-bond donors (Lipinski definition) is 1. The summed E-state index contributed by atoms with van der Waals surface area (Å²) >= 11 is 1.45. The maximum Gasteiger partial charge on any atom is 0.259 e. The van der Waals surface area contributed by atoms with Crippen molar-refractivity contribution in [1.29, 1.82) is 0 Å². The first kappa shape index (κ1) is 17.1. The van der Waals surface area contributed by atoms with Gasteiger partial charge in [-0.2, -0.15) is 0 Å². The molecule has 0 fully saturated rings. The maximum atomic E-state index is 12.2. The summed E-state index contributed by atoms with van der Waals surface area (Å²) in [5.74, 6) is 0.153. The molecular weight excluding hydrogens is 320 g/mol. The van der Waals surface area contributed by atoms with E-state index in [2.05, 4.69) is 30.7 Å². The highest BCUT2D eigenvalue weighted by Crippen LogP contribution is 2.31. The third-order valence-corrected chi connectivity index (χ3v) is 6.43. The van der Waals surface area contributed by atoms with Gasteiger partial charge in [-0.15, -0.1) is 11.3 Å². The Hall–Kier alpha value is -1.21. The first-order valence-electron chi connectivity index (χ1n) is 7.36. The topological polar surface area (TPSA) is 79.9 Å². The number of hydrogen-bond acceptors (Lipinski definition) is 5. The van der Waals surface area contributed by atoms with Gasteiger partial charge in [0.05, 0.1) is 11.1 Å². The van der Waals surface area contributed by atoms with Crippen LogP contribution in [0.3, 0.4) is 0 Å². The Kier molecular flexibility index (Phi) is 4.77. The number of nitrogens with one attached hydrogen (secondary N) is 1. The molecule has 7 heteroatoms. The van der Waals surface area contributed by atoms with E-state index in [-0.39, 0.29) is 28.3 Å². The van der Waals surface area contributed by atoms with Crippen LogP contribution in [-0.4, -0.2) is 24.1 Å². The van der Waals surface area contributed by atoms with Crippen LogP contribution in [0.4, 0.5) is 0 Å². The van der Waals surface area contributed by atoms with Gasteiger partial charge in [0.15, 0.2) is 9.84 Å². The number of aromatic amines is 1. The van der Waals surface area contributed by atoms with Gasteiger partial charge in [0.2, 0.25) is 0 Å². The number of sulfone groups is 1. The fraction of sp³-hybridized carbons (Fsp3) is 0.600. The number of aromatic nitrogens is 2. The minimum atomic E-state index is -3.23. The molecular formula is C15H22N2O3S2. The standard InChI is InChI=1S/C15H22N2O3S2/c1-5-6-7-22(19,20)9-12-16-13(18)10-8-11(15(2,3)4)21-14(10)17-12/h8H,5-7,9H2,1-4H3,(H,16,17,18). The molecule has 2 aromatic heterocycles. The third-order valence-electron chi connectivity index (χ3n) is 3.36. The fourth-order valence-electron chi connectivity index (χ4n) is 2.06. The van der Waals surface area contributed by atoms with E-state index in [9.17, 15) is 13.2 Å². The molecule has 0 spiro atoms. The number of unbranched alkanes of at least 4 members (excludes halogenated alkanes) is 1. The molecule has 0 saturated carbocycles. The number of fused-ring (bicyclic) bond motifs is 1. The summed E-state index contributed by atoms with van der Waals surface area (Å²) in [5, 5.41) is 0.532. The van der Waals surface area contributed by atoms with Gasteiger partial charge in [-0.05, 0) is 17.9 Å². The molecule has 1 N–H and O–H groups in total. The molecule has 122 valence electrons. The molecule has 2 rings (SSSR count). The number of nitrogens with zero attached hydrogens (tertiary/aromatic N) is 1. The lowest BCUT2D eigenvalue weighted by Gasteiger charge is -2.14. The second-order valence-corrected chi connectivity index (χ2v) is 9.75. The lowest BCUT2D eigenvalue weighted by atomic mass is 9.94. The normalized spacial score (nSPS) is 12.9. The summed E-state index contributed by atoms with van der Waals surface area (Å²) < 4.78 is 24.0. The van der Waals surface area contributed by atoms with E-state index in [4.69, 9.17) is 0 Å². The number of H-pyrrole nitrogens is 1. The van der Waals surface area contributed by atoms with Crippen LogP contribution in [0.2, 0.25) is 0 Å². The average Bonchev–Trinajstić information content (AvgIpc) is 2.80. The first-order chi connectivity index (χ1) is 10.1. The molecule has 0 aliphatic rings. The van der Waals surface area contributed by atoms with Gasteiger partial charge >= 0.3 is 0 Å². The van der Waals surface area contributed by atoms with Gasteiger partial charge in [0, 0.05) is 4.88 Å². The Labute approximate surface area is 134 Å². The SMILES string of the molecule is CCCCS(=O)(=O)Cc1nc2sc(C(C)(C)C)cc2c(=O)[nH]1. The monoisotopic (exact) mass is 342 g/mol. The Bertz CT molecular complexity index is 827. The van der Waals surface area contributed by atoms with Gasteiger partial charge in [-0.3, -0.25) is 4.79 Å². The first-order valence-corrected chi connectivity index (χ1v) is 10.00. The van der Waals surface area contributed by atoms with Gasteiger partial charge in [0.1, 0.15) is 16.4 Å². The maximum absolute atomic E-state index is 12.2. The van der Waals surface area contributed by atoms with E-state index >= 15 is 0 Å². The second-order valence-electron chi connectivity index (χ2n) is 6.54. The van der Waals surface area contributed by atoms with Crippen LogP contribution in [0.15, 0.2) is 10.9 Å². The number of rotatable bonds is 5. The van der Waals surface area contributed by atoms with E-state index in [1.54, 1.807) is 0 Å². The summed E-state index contributed by atoms with van der Waals surface area (Å²) in [6.45, 7) is 8.16. The molecule has 0 aromatic carbocycles. The Morgan fingerprint density at radius 2 is 2.00 bits per heavy atom. The summed E-state index contributed by atoms with van der Waals surface area (Å²) in [6, 6.07) is 1.85. The Morgan fingerprint density at radius 1 is 1.32 bits per heavy atom. The number of thiophene rings is 1. The second kappa shape index (κ2) is 6.12. The molecule has 22 heavy (non-hydrogen) atoms. The predicted molar refractivity (Wildman–Crippen MR) is 91.3 cm³/mol. The molecule has 5 nitrogen and oxygen atoms in total. The van der Waals surface area contributed by atoms with Crippen LogP contribution in [-0.2, 0) is 21.0 Å². The third kappa shape index (κ3) is 3.95. The van der Waals surface area contributed by atoms with Crippen molar-refractivity contribution in [2.24, 2.45) is 0 Å². The lowest BCUT2D eigenvalue weighted by Crippen LogP contribution is -2.16. The van der Waals surface area contributed by atoms with Crippen molar-refractivity contribution in [1.82, 2.24) is 9.97 Å². The minimum absolute atomic E-state index is 0.0643. The van der Waals surface area contributed by atoms with E-state index in [1.807, 2.05) is 13.0 Å². The predicted octanol–water partition coefficient (Wildman–Crippen LogP) is 3.00. The zero-order chi connectivity index (χ0) is 16.5. The minimum Gasteiger partial charge on any atom is -0.309 e. The summed E-state index contributed by atoms with van der Waals surface area (Å²) in [4.78, 5) is 20.8. The summed E-state index contributed by atoms with van der Waals surface area (Å²) in [5.41, 5.74) is -0.331. The molecule has 0 saturated heterocycles. The van der Waals surface area contributed by atoms with E-state index in [0.29, 0.717) is 16.6 Å². The van der Waals surface area contributed by atoms with Crippen LogP contribution >= 0.6 is 11.3 Å². The van der Waals surface area contributed by atoms with Crippen molar-refractivity contribution >= 4 is 31.4 Å². The Balaban J connectivity index is 2.40. The molecule has 0 aliphatic carbocycles. The quantitative estimate of drug-likeness (QED) is 0.906. The van der Waals surface area contributed by atoms with Crippen molar-refractivity contribution in [3.8, 4) is 0 Å². The van der Waals surface area contributed by atoms with Crippen LogP contribution in [0.25, 0.3) is 10.2 Å². The average molecular weight is 342 g/mol. The van der Waals surface area contributed by atoms with Crippen LogP contribution in [0, 0.1) is 0 Å². The van der Waals surface area contributed by atoms with Crippen molar-refractivity contribution in [3.05, 3.63) is 27.1 Å². The smallest absolute Gasteiger partial charge is 0.259 e. The van der Waals surface area contributed by atoms with Crippen molar-refractivity contribution in [2.45, 2.75) is 51.7 Å². The van der Waals surface area contributed by atoms with Gasteiger partial charge in [0.25, 0.3) is 5.56 Å². The molecule has 0 amide bonds. The summed E-state index contributed by atoms with van der Waals surface area (Å²) in [6.07, 6.45) is 1.45. The van der Waals surface area contributed by atoms with Crippen LogP contribution < -0.4 is 5.56 Å². The van der Waals surface area contributed by atoms with E-state index in [1.165, 1.54) is 11.3 Å². The lowest BCUT2D eigenvalue weighted by molar-refractivity contribution is 0.590. The highest BCUT2D eigenvalue weighted by molar-refractivity contribution is 7.90. The summed E-state index contributed by atoms with van der Waals surface area (Å²) in [7, 11) is -3.23.